The molecule has 8 nitrogen and oxygen atoms in total. The van der Waals surface area contributed by atoms with Gasteiger partial charge in [-0.1, -0.05) is 17.7 Å². The number of amides is 1. The molecule has 1 amide bonds. The first-order valence-corrected chi connectivity index (χ1v) is 10.4. The van der Waals surface area contributed by atoms with Gasteiger partial charge in [-0.15, -0.1) is 0 Å². The summed E-state index contributed by atoms with van der Waals surface area (Å²) in [7, 11) is 0. The van der Waals surface area contributed by atoms with Crippen LogP contribution in [0.2, 0.25) is 5.02 Å². The summed E-state index contributed by atoms with van der Waals surface area (Å²) in [6.45, 7) is 2.65. The van der Waals surface area contributed by atoms with E-state index in [9.17, 15) is 9.18 Å². The van der Waals surface area contributed by atoms with Gasteiger partial charge in [-0.05, 0) is 42.0 Å². The minimum Gasteiger partial charge on any atom is -0.457 e. The summed E-state index contributed by atoms with van der Waals surface area (Å²) in [6.07, 6.45) is -0.322. The Morgan fingerprint density at radius 3 is 2.56 bits per heavy atom. The van der Waals surface area contributed by atoms with Crippen LogP contribution in [0.25, 0.3) is 0 Å². The van der Waals surface area contributed by atoms with E-state index in [2.05, 4.69) is 10.00 Å². The molecule has 2 N–H and O–H groups in total. The van der Waals surface area contributed by atoms with Crippen LogP contribution in [-0.2, 0) is 6.54 Å². The Morgan fingerprint density at radius 1 is 1.09 bits per heavy atom. The Hall–Kier alpha value is -2.98. The number of piperazine rings is 1. The Labute approximate surface area is 189 Å². The molecule has 3 aromatic rings. The van der Waals surface area contributed by atoms with E-state index in [0.29, 0.717) is 49.2 Å². The second-order valence-corrected chi connectivity index (χ2v) is 7.90. The molecule has 1 aliphatic rings. The van der Waals surface area contributed by atoms with Gasteiger partial charge in [-0.25, -0.2) is 9.18 Å². The number of ether oxygens (including phenoxy) is 1. The number of hydrogen-bond acceptors (Lipinski definition) is 6. The van der Waals surface area contributed by atoms with Crippen molar-refractivity contribution in [3.8, 4) is 11.5 Å². The monoisotopic (exact) mass is 460 g/mol. The fourth-order valence-corrected chi connectivity index (χ4v) is 3.70. The predicted molar refractivity (Wildman–Crippen MR) is 115 cm³/mol. The summed E-state index contributed by atoms with van der Waals surface area (Å²) in [4.78, 5) is 16.3. The number of halogens is 2. The van der Waals surface area contributed by atoms with Crippen LogP contribution in [0.4, 0.5) is 9.18 Å². The maximum absolute atomic E-state index is 14.2. The zero-order chi connectivity index (χ0) is 22.7. The largest absolute Gasteiger partial charge is 0.457 e. The molecule has 0 atom stereocenters. The Balaban J connectivity index is 1.35. The molecule has 2 aromatic carbocycles. The highest BCUT2D eigenvalue weighted by Crippen LogP contribution is 2.26. The van der Waals surface area contributed by atoms with Gasteiger partial charge in [0.05, 0.1) is 0 Å². The van der Waals surface area contributed by atoms with Gasteiger partial charge in [0.1, 0.15) is 23.0 Å². The number of rotatable bonds is 5. The lowest BCUT2D eigenvalue weighted by Gasteiger charge is -2.34. The van der Waals surface area contributed by atoms with Crippen LogP contribution in [0.3, 0.4) is 0 Å². The van der Waals surface area contributed by atoms with E-state index in [1.807, 2.05) is 0 Å². The van der Waals surface area contributed by atoms with Crippen molar-refractivity contribution in [3.05, 3.63) is 76.8 Å². The van der Waals surface area contributed by atoms with Gasteiger partial charge < -0.3 is 19.8 Å². The summed E-state index contributed by atoms with van der Waals surface area (Å²) in [5.74, 6) is 0.516. The summed E-state index contributed by atoms with van der Waals surface area (Å²) in [5.41, 5.74) is 0.773. The van der Waals surface area contributed by atoms with E-state index in [1.54, 1.807) is 35.2 Å². The molecule has 4 rings (SSSR count). The van der Waals surface area contributed by atoms with Crippen LogP contribution in [0, 0.1) is 5.82 Å². The topological polar surface area (TPSA) is 91.1 Å². The zero-order valence-electron chi connectivity index (χ0n) is 17.1. The second-order valence-electron chi connectivity index (χ2n) is 7.46. The third-order valence-corrected chi connectivity index (χ3v) is 5.32. The lowest BCUT2D eigenvalue weighted by atomic mass is 10.1. The van der Waals surface area contributed by atoms with Gasteiger partial charge in [0.25, 0.3) is 0 Å². The van der Waals surface area contributed by atoms with Crippen molar-refractivity contribution in [2.45, 2.75) is 12.8 Å². The third kappa shape index (κ3) is 5.43. The van der Waals surface area contributed by atoms with Crippen LogP contribution in [0.5, 0.6) is 11.5 Å². The van der Waals surface area contributed by atoms with E-state index < -0.39 is 12.1 Å². The van der Waals surface area contributed by atoms with Crippen LogP contribution in [0.15, 0.2) is 54.7 Å². The molecular formula is C22H22ClFN4O4. The van der Waals surface area contributed by atoms with Gasteiger partial charge in [-0.3, -0.25) is 4.90 Å². The fraction of sp³-hybridized carbons (Fsp3) is 0.273. The first-order chi connectivity index (χ1) is 15.4. The summed E-state index contributed by atoms with van der Waals surface area (Å²) >= 11 is 5.97. The van der Waals surface area contributed by atoms with Crippen molar-refractivity contribution in [1.29, 1.82) is 0 Å². The van der Waals surface area contributed by atoms with Crippen molar-refractivity contribution in [2.24, 2.45) is 0 Å². The van der Waals surface area contributed by atoms with E-state index in [0.717, 1.165) is 10.2 Å². The number of carbonyl (C=O) groups is 1. The van der Waals surface area contributed by atoms with E-state index >= 15 is 0 Å². The minimum absolute atomic E-state index is 0.0129. The second kappa shape index (κ2) is 9.66. The summed E-state index contributed by atoms with van der Waals surface area (Å²) in [5, 5.41) is 22.7. The molecule has 168 valence electrons. The molecule has 10 heteroatoms. The summed E-state index contributed by atoms with van der Waals surface area (Å²) in [6, 6.07) is 12.5. The summed E-state index contributed by atoms with van der Waals surface area (Å²) < 4.78 is 21.0. The quantitative estimate of drug-likeness (QED) is 0.568. The molecule has 1 saturated heterocycles. The Bertz CT molecular complexity index is 1100. The van der Waals surface area contributed by atoms with E-state index in [1.165, 1.54) is 24.4 Å². The van der Waals surface area contributed by atoms with Crippen LogP contribution in [0.1, 0.15) is 17.5 Å². The van der Waals surface area contributed by atoms with E-state index in [-0.39, 0.29) is 11.7 Å². The maximum atomic E-state index is 14.2. The lowest BCUT2D eigenvalue weighted by Crippen LogP contribution is -2.49. The molecule has 0 saturated carbocycles. The first kappa shape index (κ1) is 22.2. The molecule has 0 unspecified atom stereocenters. The highest BCUT2D eigenvalue weighted by molar-refractivity contribution is 6.30. The number of carbonyl (C=O) groups excluding carboxylic acids is 1. The highest BCUT2D eigenvalue weighted by atomic mass is 35.5. The molecule has 1 aromatic heterocycles. The number of nitrogens with zero attached hydrogens (tertiary/aromatic N) is 4. The predicted octanol–water partition coefficient (Wildman–Crippen LogP) is 3.24. The average Bonchev–Trinajstić information content (AvgIpc) is 3.24. The lowest BCUT2D eigenvalue weighted by molar-refractivity contribution is -0.0460. The zero-order valence-corrected chi connectivity index (χ0v) is 17.8. The number of aromatic nitrogens is 2. The van der Waals surface area contributed by atoms with Crippen molar-refractivity contribution < 1.29 is 24.1 Å². The van der Waals surface area contributed by atoms with Crippen LogP contribution >= 0.6 is 11.6 Å². The van der Waals surface area contributed by atoms with Crippen molar-refractivity contribution >= 4 is 17.6 Å². The number of aliphatic hydroxyl groups is 2. The fourth-order valence-electron chi connectivity index (χ4n) is 3.52. The highest BCUT2D eigenvalue weighted by Gasteiger charge is 2.23. The molecule has 0 radical (unpaired) electrons. The first-order valence-electron chi connectivity index (χ1n) is 10.0. The van der Waals surface area contributed by atoms with Gasteiger partial charge in [0.2, 0.25) is 0 Å². The van der Waals surface area contributed by atoms with Crippen molar-refractivity contribution in [3.63, 3.8) is 0 Å². The smallest absolute Gasteiger partial charge is 0.344 e. The van der Waals surface area contributed by atoms with Gasteiger partial charge in [0, 0.05) is 50.0 Å². The van der Waals surface area contributed by atoms with Gasteiger partial charge in [0.15, 0.2) is 6.29 Å². The van der Waals surface area contributed by atoms with Gasteiger partial charge in [-0.2, -0.15) is 9.78 Å². The molecule has 0 spiro atoms. The maximum Gasteiger partial charge on any atom is 0.344 e. The molecule has 32 heavy (non-hydrogen) atoms. The van der Waals surface area contributed by atoms with E-state index in [4.69, 9.17) is 26.6 Å². The SMILES string of the molecule is O=C(N1CCN(Cc2cc(F)cc(Oc3cccc(Cl)c3)c2)CC1)n1ccc(C(O)O)n1. The van der Waals surface area contributed by atoms with Crippen molar-refractivity contribution in [1.82, 2.24) is 19.6 Å². The third-order valence-electron chi connectivity index (χ3n) is 5.08. The van der Waals surface area contributed by atoms with Gasteiger partial charge >= 0.3 is 6.03 Å². The Morgan fingerprint density at radius 2 is 1.88 bits per heavy atom. The van der Waals surface area contributed by atoms with Crippen LogP contribution in [-0.4, -0.2) is 62.0 Å². The number of benzene rings is 2. The van der Waals surface area contributed by atoms with Crippen molar-refractivity contribution in [2.75, 3.05) is 26.2 Å². The molecule has 1 fully saturated rings. The number of aliphatic hydroxyl groups excluding tert-OH is 1. The average molecular weight is 461 g/mol. The molecule has 1 aliphatic heterocycles. The Kier molecular flexibility index (Phi) is 6.71. The standard InChI is InChI=1S/C22H22ClFN4O4/c23-16-2-1-3-18(12-16)32-19-11-15(10-17(24)13-19)14-26-6-8-27(9-7-26)22(31)28-5-4-20(25-28)21(29)30/h1-5,10-13,21,29-30H,6-9,14H2. The van der Waals surface area contributed by atoms with Crippen LogP contribution < -0.4 is 4.74 Å². The molecule has 0 bridgehead atoms. The minimum atomic E-state index is -1.72. The molecule has 0 aliphatic carbocycles. The normalized spacial score (nSPS) is 14.7. The molecular weight excluding hydrogens is 439 g/mol. The molecule has 2 heterocycles. The number of hydrogen-bond donors (Lipinski definition) is 2.